The molecule has 2 aromatic heterocycles. The summed E-state index contributed by atoms with van der Waals surface area (Å²) in [6.07, 6.45) is 0. The van der Waals surface area contributed by atoms with Gasteiger partial charge in [0.25, 0.3) is 5.56 Å². The van der Waals surface area contributed by atoms with Gasteiger partial charge in [0.05, 0.1) is 11.2 Å². The van der Waals surface area contributed by atoms with Crippen molar-refractivity contribution in [3.05, 3.63) is 92.8 Å². The van der Waals surface area contributed by atoms with E-state index in [4.69, 9.17) is 0 Å². The summed E-state index contributed by atoms with van der Waals surface area (Å²) in [7, 11) is 1.68. The Morgan fingerprint density at radius 2 is 1.71 bits per heavy atom. The zero-order valence-corrected chi connectivity index (χ0v) is 16.7. The third kappa shape index (κ3) is 3.65. The molecule has 0 aliphatic rings. The first-order valence-electron chi connectivity index (χ1n) is 9.39. The Hall–Kier alpha value is -4.01. The number of nitrogens with one attached hydrogen (secondary N) is 1. The Morgan fingerprint density at radius 1 is 1.00 bits per heavy atom. The lowest BCUT2D eigenvalue weighted by Gasteiger charge is -2.13. The highest BCUT2D eigenvalue weighted by molar-refractivity contribution is 5.91. The molecule has 0 fully saturated rings. The fraction of sp³-hybridized carbons (Fsp3) is 0.136. The molecule has 158 valence electrons. The third-order valence-electron chi connectivity index (χ3n) is 5.07. The molecule has 1 N–H and O–H groups in total. The first kappa shape index (κ1) is 20.3. The summed E-state index contributed by atoms with van der Waals surface area (Å²) in [5.41, 5.74) is 0.320. The molecule has 0 atom stereocenters. The van der Waals surface area contributed by atoms with Crippen LogP contribution in [0, 0.1) is 18.6 Å². The molecule has 0 saturated heterocycles. The summed E-state index contributed by atoms with van der Waals surface area (Å²) < 4.78 is 30.5. The van der Waals surface area contributed by atoms with Crippen LogP contribution in [0.25, 0.3) is 16.7 Å². The molecule has 1 amide bonds. The maximum atomic E-state index is 13.4. The molecular formula is C22H18F2N4O3. The van der Waals surface area contributed by atoms with Crippen molar-refractivity contribution >= 4 is 22.6 Å². The minimum absolute atomic E-state index is 0.177. The lowest BCUT2D eigenvalue weighted by atomic mass is 10.3. The van der Waals surface area contributed by atoms with Gasteiger partial charge in [0.2, 0.25) is 5.91 Å². The van der Waals surface area contributed by atoms with Crippen LogP contribution in [0.5, 0.6) is 0 Å². The molecule has 31 heavy (non-hydrogen) atoms. The number of amides is 1. The minimum atomic E-state index is -0.746. The number of carbonyl (C=O) groups is 1. The van der Waals surface area contributed by atoms with Gasteiger partial charge in [-0.2, -0.15) is 0 Å². The van der Waals surface area contributed by atoms with Crippen LogP contribution in [0.1, 0.15) is 5.69 Å². The number of hydrogen-bond donors (Lipinski definition) is 1. The molecule has 0 unspecified atom stereocenters. The topological polar surface area (TPSA) is 78.0 Å². The number of anilines is 1. The van der Waals surface area contributed by atoms with E-state index in [1.54, 1.807) is 24.6 Å². The maximum absolute atomic E-state index is 13.4. The Balaban J connectivity index is 1.87. The summed E-state index contributed by atoms with van der Waals surface area (Å²) >= 11 is 0. The number of aromatic nitrogens is 3. The zero-order chi connectivity index (χ0) is 22.3. The van der Waals surface area contributed by atoms with Gasteiger partial charge in [0, 0.05) is 18.4 Å². The van der Waals surface area contributed by atoms with Crippen molar-refractivity contribution in [2.45, 2.75) is 13.5 Å². The fourth-order valence-electron chi connectivity index (χ4n) is 3.47. The van der Waals surface area contributed by atoms with Crippen LogP contribution in [0.2, 0.25) is 0 Å². The third-order valence-corrected chi connectivity index (χ3v) is 5.07. The van der Waals surface area contributed by atoms with Crippen molar-refractivity contribution < 1.29 is 13.6 Å². The van der Waals surface area contributed by atoms with E-state index in [0.29, 0.717) is 11.2 Å². The molecule has 2 aromatic carbocycles. The first-order valence-corrected chi connectivity index (χ1v) is 9.39. The Morgan fingerprint density at radius 3 is 2.39 bits per heavy atom. The molecule has 2 heterocycles. The second kappa shape index (κ2) is 7.67. The second-order valence-electron chi connectivity index (χ2n) is 7.12. The summed E-state index contributed by atoms with van der Waals surface area (Å²) in [5, 5.41) is 2.54. The van der Waals surface area contributed by atoms with E-state index in [2.05, 4.69) is 5.32 Å². The van der Waals surface area contributed by atoms with E-state index >= 15 is 0 Å². The minimum Gasteiger partial charge on any atom is -0.342 e. The second-order valence-corrected chi connectivity index (χ2v) is 7.12. The zero-order valence-electron chi connectivity index (χ0n) is 16.7. The van der Waals surface area contributed by atoms with Gasteiger partial charge < -0.3 is 9.88 Å². The van der Waals surface area contributed by atoms with Gasteiger partial charge in [-0.3, -0.25) is 14.2 Å². The van der Waals surface area contributed by atoms with Crippen LogP contribution in [0.3, 0.4) is 0 Å². The lowest BCUT2D eigenvalue weighted by molar-refractivity contribution is -0.116. The molecule has 0 radical (unpaired) electrons. The van der Waals surface area contributed by atoms with Gasteiger partial charge in [0.15, 0.2) is 0 Å². The van der Waals surface area contributed by atoms with E-state index in [9.17, 15) is 23.2 Å². The van der Waals surface area contributed by atoms with Crippen molar-refractivity contribution in [2.75, 3.05) is 5.32 Å². The van der Waals surface area contributed by atoms with E-state index in [-0.39, 0.29) is 16.9 Å². The van der Waals surface area contributed by atoms with Gasteiger partial charge in [-0.1, -0.05) is 6.07 Å². The van der Waals surface area contributed by atoms with Crippen molar-refractivity contribution in [3.63, 3.8) is 0 Å². The van der Waals surface area contributed by atoms with Crippen LogP contribution < -0.4 is 16.6 Å². The molecule has 9 heteroatoms. The molecular weight excluding hydrogens is 406 g/mol. The van der Waals surface area contributed by atoms with Crippen LogP contribution in [0.15, 0.2) is 64.2 Å². The Kier molecular flexibility index (Phi) is 5.02. The van der Waals surface area contributed by atoms with Crippen molar-refractivity contribution in [3.8, 4) is 5.69 Å². The van der Waals surface area contributed by atoms with E-state index in [0.717, 1.165) is 22.8 Å². The summed E-state index contributed by atoms with van der Waals surface area (Å²) in [6, 6.07) is 11.9. The largest absolute Gasteiger partial charge is 0.342 e. The standard InChI is InChI=1S/C22H18F2N4O3/c1-13-10-18-20(26(13)2)21(30)28(17-8-6-14(23)7-9-17)22(31)27(18)12-19(29)25-16-5-3-4-15(24)11-16/h3-11H,12H2,1-2H3,(H,25,29). The van der Waals surface area contributed by atoms with Crippen molar-refractivity contribution in [2.24, 2.45) is 7.05 Å². The molecule has 0 aliphatic heterocycles. The number of benzene rings is 2. The van der Waals surface area contributed by atoms with Crippen LogP contribution >= 0.6 is 0 Å². The molecule has 4 aromatic rings. The molecule has 4 rings (SSSR count). The van der Waals surface area contributed by atoms with Crippen LogP contribution in [-0.4, -0.2) is 19.6 Å². The van der Waals surface area contributed by atoms with Gasteiger partial charge in [-0.25, -0.2) is 18.1 Å². The number of rotatable bonds is 4. The summed E-state index contributed by atoms with van der Waals surface area (Å²) in [6.45, 7) is 1.36. The molecule has 0 spiro atoms. The number of aryl methyl sites for hydroxylation is 2. The maximum Gasteiger partial charge on any atom is 0.336 e. The monoisotopic (exact) mass is 424 g/mol. The van der Waals surface area contributed by atoms with Gasteiger partial charge >= 0.3 is 5.69 Å². The number of halogens is 2. The highest BCUT2D eigenvalue weighted by Gasteiger charge is 2.20. The highest BCUT2D eigenvalue weighted by Crippen LogP contribution is 2.16. The number of hydrogen-bond acceptors (Lipinski definition) is 3. The average Bonchev–Trinajstić information content (AvgIpc) is 3.01. The quantitative estimate of drug-likeness (QED) is 0.547. The predicted molar refractivity (Wildman–Crippen MR) is 113 cm³/mol. The summed E-state index contributed by atoms with van der Waals surface area (Å²) in [5.74, 6) is -1.59. The molecule has 0 aliphatic carbocycles. The van der Waals surface area contributed by atoms with Crippen LogP contribution in [0.4, 0.5) is 14.5 Å². The first-order chi connectivity index (χ1) is 14.8. The number of carbonyl (C=O) groups excluding carboxylic acids is 1. The predicted octanol–water partition coefficient (Wildman–Crippen LogP) is 2.72. The van der Waals surface area contributed by atoms with Crippen molar-refractivity contribution in [1.29, 1.82) is 0 Å². The molecule has 0 saturated carbocycles. The highest BCUT2D eigenvalue weighted by atomic mass is 19.1. The normalized spacial score (nSPS) is 11.1. The molecule has 7 nitrogen and oxygen atoms in total. The Bertz CT molecular complexity index is 1430. The van der Waals surface area contributed by atoms with E-state index in [1.807, 2.05) is 0 Å². The van der Waals surface area contributed by atoms with Crippen molar-refractivity contribution in [1.82, 2.24) is 13.7 Å². The lowest BCUT2D eigenvalue weighted by Crippen LogP contribution is -2.41. The van der Waals surface area contributed by atoms with E-state index in [1.165, 1.54) is 34.9 Å². The number of fused-ring (bicyclic) bond motifs is 1. The van der Waals surface area contributed by atoms with Crippen LogP contribution in [-0.2, 0) is 18.4 Å². The summed E-state index contributed by atoms with van der Waals surface area (Å²) in [4.78, 5) is 39.0. The Labute approximate surface area is 174 Å². The van der Waals surface area contributed by atoms with Gasteiger partial charge in [-0.15, -0.1) is 0 Å². The van der Waals surface area contributed by atoms with Gasteiger partial charge in [0.1, 0.15) is 23.7 Å². The van der Waals surface area contributed by atoms with Gasteiger partial charge in [-0.05, 0) is 55.5 Å². The smallest absolute Gasteiger partial charge is 0.336 e. The number of nitrogens with zero attached hydrogens (tertiary/aromatic N) is 3. The molecule has 0 bridgehead atoms. The SMILES string of the molecule is Cc1cc2c(c(=O)n(-c3ccc(F)cc3)c(=O)n2CC(=O)Nc2cccc(F)c2)n1C. The van der Waals surface area contributed by atoms with E-state index < -0.39 is 35.3 Å². The average molecular weight is 424 g/mol. The fourth-order valence-corrected chi connectivity index (χ4v) is 3.47.